The van der Waals surface area contributed by atoms with Crippen LogP contribution >= 0.6 is 23.2 Å². The molecule has 21 heavy (non-hydrogen) atoms. The zero-order chi connectivity index (χ0) is 15.2. The van der Waals surface area contributed by atoms with Gasteiger partial charge in [-0.05, 0) is 43.5 Å². The largest absolute Gasteiger partial charge is 0.356 e. The molecule has 0 saturated carbocycles. The molecule has 1 aliphatic heterocycles. The van der Waals surface area contributed by atoms with Crippen molar-refractivity contribution >= 4 is 29.1 Å². The number of hydrogen-bond acceptors (Lipinski definition) is 2. The molecule has 0 aliphatic carbocycles. The van der Waals surface area contributed by atoms with Gasteiger partial charge in [-0.25, -0.2) is 0 Å². The Morgan fingerprint density at radius 2 is 2.19 bits per heavy atom. The molecule has 1 N–H and O–H groups in total. The molecule has 1 heterocycles. The predicted octanol–water partition coefficient (Wildman–Crippen LogP) is 3.73. The van der Waals surface area contributed by atoms with Gasteiger partial charge >= 0.3 is 0 Å². The van der Waals surface area contributed by atoms with Gasteiger partial charge in [0.1, 0.15) is 0 Å². The van der Waals surface area contributed by atoms with Crippen LogP contribution in [-0.2, 0) is 11.3 Å². The Morgan fingerprint density at radius 3 is 2.90 bits per heavy atom. The molecule has 0 aromatic heterocycles. The van der Waals surface area contributed by atoms with Crippen LogP contribution in [0.1, 0.15) is 31.7 Å². The molecule has 1 saturated heterocycles. The summed E-state index contributed by atoms with van der Waals surface area (Å²) in [5, 5.41) is 4.16. The lowest BCUT2D eigenvalue weighted by atomic mass is 9.96. The number of carbonyl (C=O) groups excluding carboxylic acids is 1. The van der Waals surface area contributed by atoms with E-state index in [1.165, 1.54) is 0 Å². The molecule has 1 unspecified atom stereocenters. The van der Waals surface area contributed by atoms with E-state index in [9.17, 15) is 4.79 Å². The molecule has 1 amide bonds. The van der Waals surface area contributed by atoms with Crippen LogP contribution in [0.2, 0.25) is 10.0 Å². The Hall–Kier alpha value is -0.770. The van der Waals surface area contributed by atoms with Gasteiger partial charge in [0.15, 0.2) is 0 Å². The predicted molar refractivity (Wildman–Crippen MR) is 87.8 cm³/mol. The van der Waals surface area contributed by atoms with Crippen molar-refractivity contribution in [2.24, 2.45) is 5.92 Å². The summed E-state index contributed by atoms with van der Waals surface area (Å²) < 4.78 is 0. The molecule has 0 bridgehead atoms. The minimum atomic E-state index is 0.105. The van der Waals surface area contributed by atoms with Gasteiger partial charge in [-0.3, -0.25) is 9.69 Å². The maximum atomic E-state index is 12.1. The summed E-state index contributed by atoms with van der Waals surface area (Å²) in [6.07, 6.45) is 3.02. The van der Waals surface area contributed by atoms with Crippen molar-refractivity contribution in [1.29, 1.82) is 0 Å². The Balaban J connectivity index is 1.91. The standard InChI is InChI=1S/C16H22Cl2N2O/c1-2-7-19-16(21)13-4-3-8-20(11-13)10-12-5-6-14(17)15(18)9-12/h5-6,9,13H,2-4,7-8,10-11H2,1H3,(H,19,21). The molecule has 1 fully saturated rings. The molecule has 2 rings (SSSR count). The van der Waals surface area contributed by atoms with E-state index in [2.05, 4.69) is 17.1 Å². The van der Waals surface area contributed by atoms with Crippen LogP contribution in [0.5, 0.6) is 0 Å². The van der Waals surface area contributed by atoms with Crippen molar-refractivity contribution in [2.75, 3.05) is 19.6 Å². The normalized spacial score (nSPS) is 19.5. The number of nitrogens with zero attached hydrogens (tertiary/aromatic N) is 1. The highest BCUT2D eigenvalue weighted by Crippen LogP contribution is 2.24. The Labute approximate surface area is 136 Å². The van der Waals surface area contributed by atoms with Crippen molar-refractivity contribution < 1.29 is 4.79 Å². The van der Waals surface area contributed by atoms with Crippen molar-refractivity contribution in [3.63, 3.8) is 0 Å². The second-order valence-electron chi connectivity index (χ2n) is 5.61. The summed E-state index contributed by atoms with van der Waals surface area (Å²) in [6.45, 7) is 5.49. The van der Waals surface area contributed by atoms with Crippen molar-refractivity contribution in [3.8, 4) is 0 Å². The van der Waals surface area contributed by atoms with Crippen molar-refractivity contribution in [2.45, 2.75) is 32.7 Å². The number of rotatable bonds is 5. The fourth-order valence-electron chi connectivity index (χ4n) is 2.70. The molecule has 1 aliphatic rings. The van der Waals surface area contributed by atoms with E-state index in [0.717, 1.165) is 51.0 Å². The minimum absolute atomic E-state index is 0.105. The van der Waals surface area contributed by atoms with Crippen LogP contribution in [0.3, 0.4) is 0 Å². The molecular formula is C16H22Cl2N2O. The minimum Gasteiger partial charge on any atom is -0.356 e. The average molecular weight is 329 g/mol. The summed E-state index contributed by atoms with van der Waals surface area (Å²) in [5.41, 5.74) is 1.14. The average Bonchev–Trinajstić information content (AvgIpc) is 2.49. The summed E-state index contributed by atoms with van der Waals surface area (Å²) in [6, 6.07) is 5.73. The smallest absolute Gasteiger partial charge is 0.224 e. The summed E-state index contributed by atoms with van der Waals surface area (Å²) in [5.74, 6) is 0.295. The van der Waals surface area contributed by atoms with Gasteiger partial charge in [0.05, 0.1) is 16.0 Å². The highest BCUT2D eigenvalue weighted by molar-refractivity contribution is 6.42. The van der Waals surface area contributed by atoms with Gasteiger partial charge in [0.25, 0.3) is 0 Å². The first-order chi connectivity index (χ1) is 10.1. The van der Waals surface area contributed by atoms with Gasteiger partial charge in [0.2, 0.25) is 5.91 Å². The Morgan fingerprint density at radius 1 is 1.38 bits per heavy atom. The molecule has 1 atom stereocenters. The lowest BCUT2D eigenvalue weighted by Gasteiger charge is -2.32. The maximum Gasteiger partial charge on any atom is 0.224 e. The van der Waals surface area contributed by atoms with E-state index in [1.807, 2.05) is 18.2 Å². The van der Waals surface area contributed by atoms with E-state index in [1.54, 1.807) is 0 Å². The lowest BCUT2D eigenvalue weighted by molar-refractivity contribution is -0.126. The highest BCUT2D eigenvalue weighted by Gasteiger charge is 2.25. The van der Waals surface area contributed by atoms with Crippen LogP contribution in [0, 0.1) is 5.92 Å². The van der Waals surface area contributed by atoms with Crippen LogP contribution in [-0.4, -0.2) is 30.4 Å². The summed E-state index contributed by atoms with van der Waals surface area (Å²) >= 11 is 12.0. The third-order valence-corrected chi connectivity index (χ3v) is 4.55. The van der Waals surface area contributed by atoms with E-state index in [4.69, 9.17) is 23.2 Å². The third kappa shape index (κ3) is 4.87. The van der Waals surface area contributed by atoms with E-state index < -0.39 is 0 Å². The van der Waals surface area contributed by atoms with Crippen LogP contribution in [0.4, 0.5) is 0 Å². The van der Waals surface area contributed by atoms with Gasteiger partial charge in [0, 0.05) is 19.6 Å². The number of likely N-dealkylation sites (tertiary alicyclic amines) is 1. The summed E-state index contributed by atoms with van der Waals surface area (Å²) in [7, 11) is 0. The first-order valence-corrected chi connectivity index (χ1v) is 8.29. The van der Waals surface area contributed by atoms with E-state index in [0.29, 0.717) is 10.0 Å². The second-order valence-corrected chi connectivity index (χ2v) is 6.43. The van der Waals surface area contributed by atoms with Gasteiger partial charge < -0.3 is 5.32 Å². The van der Waals surface area contributed by atoms with Crippen LogP contribution in [0.25, 0.3) is 0 Å². The molecular weight excluding hydrogens is 307 g/mol. The van der Waals surface area contributed by atoms with Crippen LogP contribution in [0.15, 0.2) is 18.2 Å². The Bertz CT molecular complexity index is 493. The lowest BCUT2D eigenvalue weighted by Crippen LogP contribution is -2.42. The maximum absolute atomic E-state index is 12.1. The summed E-state index contributed by atoms with van der Waals surface area (Å²) in [4.78, 5) is 14.4. The number of hydrogen-bond donors (Lipinski definition) is 1. The number of nitrogens with one attached hydrogen (secondary N) is 1. The molecule has 5 heteroatoms. The topological polar surface area (TPSA) is 32.3 Å². The van der Waals surface area contributed by atoms with E-state index >= 15 is 0 Å². The van der Waals surface area contributed by atoms with Gasteiger partial charge in [-0.1, -0.05) is 36.2 Å². The molecule has 0 spiro atoms. The first kappa shape index (κ1) is 16.6. The fraction of sp³-hybridized carbons (Fsp3) is 0.562. The number of benzene rings is 1. The fourth-order valence-corrected chi connectivity index (χ4v) is 3.02. The first-order valence-electron chi connectivity index (χ1n) is 7.54. The van der Waals surface area contributed by atoms with E-state index in [-0.39, 0.29) is 11.8 Å². The van der Waals surface area contributed by atoms with Gasteiger partial charge in [-0.15, -0.1) is 0 Å². The molecule has 116 valence electrons. The molecule has 0 radical (unpaired) electrons. The molecule has 1 aromatic carbocycles. The number of piperidine rings is 1. The SMILES string of the molecule is CCCNC(=O)C1CCCN(Cc2ccc(Cl)c(Cl)c2)C1. The highest BCUT2D eigenvalue weighted by atomic mass is 35.5. The second kappa shape index (κ2) is 8.02. The van der Waals surface area contributed by atoms with Crippen molar-refractivity contribution in [1.82, 2.24) is 10.2 Å². The van der Waals surface area contributed by atoms with Crippen molar-refractivity contribution in [3.05, 3.63) is 33.8 Å². The zero-order valence-corrected chi connectivity index (χ0v) is 13.9. The monoisotopic (exact) mass is 328 g/mol. The van der Waals surface area contributed by atoms with Crippen LogP contribution < -0.4 is 5.32 Å². The quantitative estimate of drug-likeness (QED) is 0.893. The van der Waals surface area contributed by atoms with Gasteiger partial charge in [-0.2, -0.15) is 0 Å². The third-order valence-electron chi connectivity index (χ3n) is 3.82. The zero-order valence-electron chi connectivity index (χ0n) is 12.4. The molecule has 3 nitrogen and oxygen atoms in total. The Kier molecular flexibility index (Phi) is 6.34. The number of halogens is 2. The number of amides is 1. The molecule has 1 aromatic rings. The number of carbonyl (C=O) groups is 1.